The molecule has 2 heterocycles. The van der Waals surface area contributed by atoms with Gasteiger partial charge in [0, 0.05) is 30.2 Å². The highest BCUT2D eigenvalue weighted by atomic mass is 35.5. The molecule has 3 aromatic rings. The third-order valence-corrected chi connectivity index (χ3v) is 5.76. The predicted octanol–water partition coefficient (Wildman–Crippen LogP) is 4.34. The number of carbonyl (C=O) groups excluding carboxylic acids is 1. The zero-order valence-corrected chi connectivity index (χ0v) is 18.2. The Morgan fingerprint density at radius 3 is 2.74 bits per heavy atom. The quantitative estimate of drug-likeness (QED) is 0.622. The summed E-state index contributed by atoms with van der Waals surface area (Å²) in [6.45, 7) is 2.00. The molecule has 1 amide bonds. The summed E-state index contributed by atoms with van der Waals surface area (Å²) >= 11 is 5.95. The number of rotatable bonds is 6. The average molecular weight is 437 g/mol. The van der Waals surface area contributed by atoms with Gasteiger partial charge < -0.3 is 15.0 Å². The highest BCUT2D eigenvalue weighted by molar-refractivity contribution is 6.30. The van der Waals surface area contributed by atoms with Crippen LogP contribution in [0.4, 0.5) is 5.82 Å². The number of methoxy groups -OCH3 is 1. The van der Waals surface area contributed by atoms with Gasteiger partial charge in [0.2, 0.25) is 5.91 Å². The van der Waals surface area contributed by atoms with Crippen LogP contribution in [0.3, 0.4) is 0 Å². The van der Waals surface area contributed by atoms with Crippen LogP contribution in [0.5, 0.6) is 5.75 Å². The molecular formula is C24H25ClN4O2. The van der Waals surface area contributed by atoms with Crippen LogP contribution in [0.25, 0.3) is 11.3 Å². The number of nitrogens with one attached hydrogen (secondary N) is 1. The van der Waals surface area contributed by atoms with Crippen LogP contribution in [0.15, 0.2) is 60.7 Å². The number of carbonyl (C=O) groups is 1. The molecule has 7 heteroatoms. The molecule has 1 saturated heterocycles. The Kier molecular flexibility index (Phi) is 6.67. The van der Waals surface area contributed by atoms with E-state index in [1.54, 1.807) is 7.11 Å². The highest BCUT2D eigenvalue weighted by Gasteiger charge is 2.26. The summed E-state index contributed by atoms with van der Waals surface area (Å²) in [5.74, 6) is 1.58. The minimum atomic E-state index is -0.0721. The zero-order chi connectivity index (χ0) is 21.6. The van der Waals surface area contributed by atoms with E-state index in [-0.39, 0.29) is 11.8 Å². The van der Waals surface area contributed by atoms with Crippen LogP contribution in [0, 0.1) is 5.92 Å². The topological polar surface area (TPSA) is 67.3 Å². The van der Waals surface area contributed by atoms with Crippen molar-refractivity contribution in [2.75, 3.05) is 25.1 Å². The molecule has 0 unspecified atom stereocenters. The summed E-state index contributed by atoms with van der Waals surface area (Å²) in [6.07, 6.45) is 1.81. The minimum Gasteiger partial charge on any atom is -0.497 e. The fraction of sp³-hybridized carbons (Fsp3) is 0.292. The van der Waals surface area contributed by atoms with Gasteiger partial charge in [-0.05, 0) is 54.8 Å². The molecule has 0 saturated carbocycles. The van der Waals surface area contributed by atoms with Crippen molar-refractivity contribution in [3.05, 3.63) is 71.2 Å². The molecule has 160 valence electrons. The molecule has 0 bridgehead atoms. The second-order valence-corrected chi connectivity index (χ2v) is 8.07. The van der Waals surface area contributed by atoms with Crippen molar-refractivity contribution in [3.63, 3.8) is 0 Å². The lowest BCUT2D eigenvalue weighted by atomic mass is 9.97. The van der Waals surface area contributed by atoms with Gasteiger partial charge in [-0.15, -0.1) is 10.2 Å². The van der Waals surface area contributed by atoms with Crippen molar-refractivity contribution in [1.29, 1.82) is 0 Å². The Labute approximate surface area is 187 Å². The Hall–Kier alpha value is -3.12. The van der Waals surface area contributed by atoms with Gasteiger partial charge in [-0.3, -0.25) is 4.79 Å². The first-order chi connectivity index (χ1) is 15.1. The number of aromatic nitrogens is 2. The first-order valence-electron chi connectivity index (χ1n) is 10.4. The highest BCUT2D eigenvalue weighted by Crippen LogP contribution is 2.24. The minimum absolute atomic E-state index is 0.0678. The first kappa shape index (κ1) is 21.1. The van der Waals surface area contributed by atoms with E-state index in [9.17, 15) is 4.79 Å². The average Bonchev–Trinajstić information content (AvgIpc) is 2.83. The van der Waals surface area contributed by atoms with Crippen molar-refractivity contribution >= 4 is 23.3 Å². The number of hydrogen-bond acceptors (Lipinski definition) is 5. The largest absolute Gasteiger partial charge is 0.497 e. The number of benzene rings is 2. The fourth-order valence-corrected chi connectivity index (χ4v) is 3.91. The number of piperidine rings is 1. The van der Waals surface area contributed by atoms with E-state index < -0.39 is 0 Å². The molecule has 0 aliphatic carbocycles. The third-order valence-electron chi connectivity index (χ3n) is 5.51. The standard InChI is InChI=1S/C24H25ClN4O2/c1-31-21-6-2-4-17(14-21)15-26-24(30)19-5-3-13-29(16-19)23-12-11-22(27-28-23)18-7-9-20(25)10-8-18/h2,4,6-12,14,19H,3,5,13,15-16H2,1H3,(H,26,30)/t19-/m0/s1. The van der Waals surface area contributed by atoms with E-state index in [2.05, 4.69) is 20.4 Å². The van der Waals surface area contributed by atoms with E-state index in [1.807, 2.05) is 60.7 Å². The third kappa shape index (κ3) is 5.33. The van der Waals surface area contributed by atoms with Crippen molar-refractivity contribution in [2.24, 2.45) is 5.92 Å². The van der Waals surface area contributed by atoms with E-state index in [0.29, 0.717) is 18.1 Å². The molecular weight excluding hydrogens is 412 g/mol. The first-order valence-corrected chi connectivity index (χ1v) is 10.8. The molecule has 1 atom stereocenters. The number of nitrogens with zero attached hydrogens (tertiary/aromatic N) is 3. The molecule has 1 aromatic heterocycles. The molecule has 1 aliphatic heterocycles. The molecule has 31 heavy (non-hydrogen) atoms. The summed E-state index contributed by atoms with van der Waals surface area (Å²) in [5, 5.41) is 12.5. The summed E-state index contributed by atoms with van der Waals surface area (Å²) in [5.41, 5.74) is 2.78. The van der Waals surface area contributed by atoms with Crippen LogP contribution in [-0.4, -0.2) is 36.3 Å². The van der Waals surface area contributed by atoms with E-state index in [1.165, 1.54) is 0 Å². The maximum Gasteiger partial charge on any atom is 0.225 e. The SMILES string of the molecule is COc1cccc(CNC(=O)[C@H]2CCCN(c3ccc(-c4ccc(Cl)cc4)nn3)C2)c1. The molecule has 1 fully saturated rings. The smallest absolute Gasteiger partial charge is 0.225 e. The van der Waals surface area contributed by atoms with E-state index in [0.717, 1.165) is 47.8 Å². The lowest BCUT2D eigenvalue weighted by molar-refractivity contribution is -0.125. The summed E-state index contributed by atoms with van der Waals surface area (Å²) < 4.78 is 5.24. The number of hydrogen-bond donors (Lipinski definition) is 1. The van der Waals surface area contributed by atoms with Gasteiger partial charge in [0.25, 0.3) is 0 Å². The molecule has 1 aliphatic rings. The Morgan fingerprint density at radius 1 is 1.16 bits per heavy atom. The van der Waals surface area contributed by atoms with Gasteiger partial charge >= 0.3 is 0 Å². The van der Waals surface area contributed by atoms with E-state index in [4.69, 9.17) is 16.3 Å². The Morgan fingerprint density at radius 2 is 2.00 bits per heavy atom. The molecule has 6 nitrogen and oxygen atoms in total. The number of ether oxygens (including phenoxy) is 1. The number of anilines is 1. The second-order valence-electron chi connectivity index (χ2n) is 7.64. The van der Waals surface area contributed by atoms with Crippen molar-refractivity contribution in [2.45, 2.75) is 19.4 Å². The van der Waals surface area contributed by atoms with Gasteiger partial charge in [-0.2, -0.15) is 0 Å². The second kappa shape index (κ2) is 9.79. The zero-order valence-electron chi connectivity index (χ0n) is 17.4. The van der Waals surface area contributed by atoms with Crippen molar-refractivity contribution in [1.82, 2.24) is 15.5 Å². The van der Waals surface area contributed by atoms with Gasteiger partial charge in [0.1, 0.15) is 5.75 Å². The lowest BCUT2D eigenvalue weighted by Crippen LogP contribution is -2.43. The normalized spacial score (nSPS) is 16.1. The summed E-state index contributed by atoms with van der Waals surface area (Å²) in [7, 11) is 1.64. The van der Waals surface area contributed by atoms with Crippen molar-refractivity contribution in [3.8, 4) is 17.0 Å². The van der Waals surface area contributed by atoms with Crippen molar-refractivity contribution < 1.29 is 9.53 Å². The van der Waals surface area contributed by atoms with Gasteiger partial charge in [-0.25, -0.2) is 0 Å². The molecule has 1 N–H and O–H groups in total. The Bertz CT molecular complexity index is 1020. The maximum atomic E-state index is 12.8. The number of amides is 1. The van der Waals surface area contributed by atoms with Crippen LogP contribution in [0.2, 0.25) is 5.02 Å². The van der Waals surface area contributed by atoms with Gasteiger partial charge in [0.05, 0.1) is 18.7 Å². The lowest BCUT2D eigenvalue weighted by Gasteiger charge is -2.32. The fourth-order valence-electron chi connectivity index (χ4n) is 3.78. The van der Waals surface area contributed by atoms with E-state index >= 15 is 0 Å². The molecule has 0 radical (unpaired) electrons. The van der Waals surface area contributed by atoms with Crippen LogP contribution >= 0.6 is 11.6 Å². The maximum absolute atomic E-state index is 12.8. The van der Waals surface area contributed by atoms with Crippen LogP contribution in [0.1, 0.15) is 18.4 Å². The van der Waals surface area contributed by atoms with Gasteiger partial charge in [0.15, 0.2) is 5.82 Å². The summed E-state index contributed by atoms with van der Waals surface area (Å²) in [6, 6.07) is 19.2. The Balaban J connectivity index is 1.36. The van der Waals surface area contributed by atoms with Crippen LogP contribution in [-0.2, 0) is 11.3 Å². The molecule has 2 aromatic carbocycles. The molecule has 0 spiro atoms. The predicted molar refractivity (Wildman–Crippen MR) is 122 cm³/mol. The summed E-state index contributed by atoms with van der Waals surface area (Å²) in [4.78, 5) is 14.9. The number of halogens is 1. The van der Waals surface area contributed by atoms with Gasteiger partial charge in [-0.1, -0.05) is 35.9 Å². The van der Waals surface area contributed by atoms with Crippen LogP contribution < -0.4 is 15.0 Å². The molecule has 4 rings (SSSR count). The monoisotopic (exact) mass is 436 g/mol.